The van der Waals surface area contributed by atoms with Gasteiger partial charge in [0.2, 0.25) is 11.8 Å². The molecule has 104 valence electrons. The number of rotatable bonds is 5. The van der Waals surface area contributed by atoms with E-state index in [0.29, 0.717) is 0 Å². The van der Waals surface area contributed by atoms with Gasteiger partial charge in [-0.05, 0) is 5.92 Å². The Morgan fingerprint density at radius 3 is 2.16 bits per heavy atom. The highest BCUT2D eigenvalue weighted by Crippen LogP contribution is 2.05. The van der Waals surface area contributed by atoms with Crippen LogP contribution in [0.5, 0.6) is 0 Å². The lowest BCUT2D eigenvalue weighted by atomic mass is 10.0. The number of amides is 4. The third-order valence-electron chi connectivity index (χ3n) is 2.71. The van der Waals surface area contributed by atoms with Crippen molar-refractivity contribution in [1.29, 1.82) is 0 Å². The molecule has 0 fully saturated rings. The van der Waals surface area contributed by atoms with Gasteiger partial charge in [-0.3, -0.25) is 24.1 Å². The van der Waals surface area contributed by atoms with Crippen molar-refractivity contribution in [3.8, 4) is 0 Å². The highest BCUT2D eigenvalue weighted by Gasteiger charge is 2.28. The van der Waals surface area contributed by atoms with Crippen LogP contribution >= 0.6 is 0 Å². The molecule has 0 saturated heterocycles. The second-order valence-corrected chi connectivity index (χ2v) is 4.50. The molecule has 0 radical (unpaired) electrons. The molecule has 1 atom stereocenters. The summed E-state index contributed by atoms with van der Waals surface area (Å²) in [5.41, 5.74) is 0. The van der Waals surface area contributed by atoms with Crippen LogP contribution in [0.4, 0.5) is 0 Å². The van der Waals surface area contributed by atoms with Crippen molar-refractivity contribution in [2.24, 2.45) is 5.92 Å². The second kappa shape index (κ2) is 6.12. The molecule has 2 N–H and O–H groups in total. The summed E-state index contributed by atoms with van der Waals surface area (Å²) in [7, 11) is 1.47. The average molecular weight is 267 g/mol. The third-order valence-corrected chi connectivity index (χ3v) is 2.71. The normalized spacial score (nSPS) is 15.9. The molecule has 1 aliphatic rings. The predicted octanol–water partition coefficient (Wildman–Crippen LogP) is -1.20. The van der Waals surface area contributed by atoms with Gasteiger partial charge in [-0.15, -0.1) is 0 Å². The van der Waals surface area contributed by atoms with Crippen LogP contribution in [0.25, 0.3) is 0 Å². The fraction of sp³-hybridized carbons (Fsp3) is 0.500. The van der Waals surface area contributed by atoms with Gasteiger partial charge in [0, 0.05) is 19.2 Å². The fourth-order valence-electron chi connectivity index (χ4n) is 1.64. The number of nitrogens with one attached hydrogen (secondary N) is 2. The standard InChI is InChI=1S/C12H17N3O4/c1-7(2)11(12(19)13-3)14-8(16)6-15-9(17)4-5-10(15)18/h4-5,7,11H,6H2,1-3H3,(H,13,19)(H,14,16)/t11-/m0/s1. The summed E-state index contributed by atoms with van der Waals surface area (Å²) < 4.78 is 0. The van der Waals surface area contributed by atoms with Crippen molar-refractivity contribution in [1.82, 2.24) is 15.5 Å². The SMILES string of the molecule is CNC(=O)[C@@H](NC(=O)CN1C(=O)C=CC1=O)C(C)C. The Hall–Kier alpha value is -2.18. The van der Waals surface area contributed by atoms with Gasteiger partial charge >= 0.3 is 0 Å². The van der Waals surface area contributed by atoms with Crippen LogP contribution in [0, 0.1) is 5.92 Å². The first-order valence-corrected chi connectivity index (χ1v) is 5.91. The first-order chi connectivity index (χ1) is 8.86. The van der Waals surface area contributed by atoms with E-state index in [1.165, 1.54) is 7.05 Å². The molecule has 0 aromatic rings. The maximum Gasteiger partial charge on any atom is 0.254 e. The molecule has 0 spiro atoms. The lowest BCUT2D eigenvalue weighted by Gasteiger charge is -2.22. The van der Waals surface area contributed by atoms with E-state index in [9.17, 15) is 19.2 Å². The molecule has 7 heteroatoms. The van der Waals surface area contributed by atoms with E-state index in [0.717, 1.165) is 17.1 Å². The number of carbonyl (C=O) groups excluding carboxylic acids is 4. The highest BCUT2D eigenvalue weighted by atomic mass is 16.2. The van der Waals surface area contributed by atoms with Crippen LogP contribution in [0.15, 0.2) is 12.2 Å². The first-order valence-electron chi connectivity index (χ1n) is 5.91. The van der Waals surface area contributed by atoms with Crippen molar-refractivity contribution in [2.75, 3.05) is 13.6 Å². The quantitative estimate of drug-likeness (QED) is 0.611. The smallest absolute Gasteiger partial charge is 0.254 e. The van der Waals surface area contributed by atoms with Gasteiger partial charge in [0.25, 0.3) is 11.8 Å². The van der Waals surface area contributed by atoms with Crippen molar-refractivity contribution < 1.29 is 19.2 Å². The maximum absolute atomic E-state index is 11.8. The maximum atomic E-state index is 11.8. The first kappa shape index (κ1) is 14.9. The van der Waals surface area contributed by atoms with Gasteiger partial charge in [0.15, 0.2) is 0 Å². The molecular weight excluding hydrogens is 250 g/mol. The van der Waals surface area contributed by atoms with Crippen molar-refractivity contribution in [3.05, 3.63) is 12.2 Å². The molecule has 0 aromatic carbocycles. The minimum atomic E-state index is -0.696. The highest BCUT2D eigenvalue weighted by molar-refractivity contribution is 6.14. The van der Waals surface area contributed by atoms with Crippen molar-refractivity contribution >= 4 is 23.6 Å². The number of imide groups is 1. The number of nitrogens with zero attached hydrogens (tertiary/aromatic N) is 1. The van der Waals surface area contributed by atoms with Crippen LogP contribution in [-0.2, 0) is 19.2 Å². The number of hydrogen-bond acceptors (Lipinski definition) is 4. The van der Waals surface area contributed by atoms with Crippen LogP contribution < -0.4 is 10.6 Å². The number of carbonyl (C=O) groups is 4. The molecule has 7 nitrogen and oxygen atoms in total. The molecule has 0 saturated carbocycles. The molecule has 1 heterocycles. The monoisotopic (exact) mass is 267 g/mol. The van der Waals surface area contributed by atoms with E-state index in [1.54, 1.807) is 13.8 Å². The van der Waals surface area contributed by atoms with Gasteiger partial charge in [0.05, 0.1) is 0 Å². The zero-order valence-electron chi connectivity index (χ0n) is 11.1. The molecule has 1 rings (SSSR count). The molecule has 1 aliphatic heterocycles. The summed E-state index contributed by atoms with van der Waals surface area (Å²) in [6.45, 7) is 3.19. The van der Waals surface area contributed by atoms with Crippen molar-refractivity contribution in [3.63, 3.8) is 0 Å². The average Bonchev–Trinajstić information content (AvgIpc) is 2.66. The predicted molar refractivity (Wildman–Crippen MR) is 66.7 cm³/mol. The molecular formula is C12H17N3O4. The van der Waals surface area contributed by atoms with Crippen LogP contribution in [0.3, 0.4) is 0 Å². The number of likely N-dealkylation sites (N-methyl/N-ethyl adjacent to an activating group) is 1. The summed E-state index contributed by atoms with van der Waals surface area (Å²) in [6, 6.07) is -0.696. The zero-order chi connectivity index (χ0) is 14.6. The summed E-state index contributed by atoms with van der Waals surface area (Å²) in [4.78, 5) is 46.7. The fourth-order valence-corrected chi connectivity index (χ4v) is 1.64. The third kappa shape index (κ3) is 3.64. The van der Waals surface area contributed by atoms with Gasteiger partial charge < -0.3 is 10.6 Å². The van der Waals surface area contributed by atoms with E-state index < -0.39 is 23.8 Å². The Balaban J connectivity index is 2.61. The Bertz CT molecular complexity index is 424. The Morgan fingerprint density at radius 1 is 1.21 bits per heavy atom. The van der Waals surface area contributed by atoms with Crippen LogP contribution in [-0.4, -0.2) is 48.2 Å². The van der Waals surface area contributed by atoms with E-state index in [2.05, 4.69) is 10.6 Å². The molecule has 0 aromatic heterocycles. The van der Waals surface area contributed by atoms with Gasteiger partial charge in [-0.1, -0.05) is 13.8 Å². The summed E-state index contributed by atoms with van der Waals surface area (Å²) in [5, 5.41) is 4.96. The van der Waals surface area contributed by atoms with Crippen molar-refractivity contribution in [2.45, 2.75) is 19.9 Å². The van der Waals surface area contributed by atoms with E-state index in [-0.39, 0.29) is 18.4 Å². The van der Waals surface area contributed by atoms with Crippen LogP contribution in [0.2, 0.25) is 0 Å². The molecule has 0 bridgehead atoms. The van der Waals surface area contributed by atoms with E-state index in [4.69, 9.17) is 0 Å². The Kier molecular flexibility index (Phi) is 4.80. The Labute approximate surface area is 111 Å². The lowest BCUT2D eigenvalue weighted by Crippen LogP contribution is -2.51. The van der Waals surface area contributed by atoms with E-state index in [1.807, 2.05) is 0 Å². The summed E-state index contributed by atoms with van der Waals surface area (Å²) in [6.07, 6.45) is 2.21. The molecule has 19 heavy (non-hydrogen) atoms. The summed E-state index contributed by atoms with van der Waals surface area (Å²) in [5.74, 6) is -2.03. The van der Waals surface area contributed by atoms with Crippen LogP contribution in [0.1, 0.15) is 13.8 Å². The van der Waals surface area contributed by atoms with Gasteiger partial charge in [-0.25, -0.2) is 0 Å². The van der Waals surface area contributed by atoms with Gasteiger partial charge in [0.1, 0.15) is 12.6 Å². The molecule has 0 aliphatic carbocycles. The minimum Gasteiger partial charge on any atom is -0.357 e. The minimum absolute atomic E-state index is 0.105. The second-order valence-electron chi connectivity index (χ2n) is 4.50. The molecule has 4 amide bonds. The Morgan fingerprint density at radius 2 is 1.74 bits per heavy atom. The lowest BCUT2D eigenvalue weighted by molar-refractivity contribution is -0.141. The molecule has 0 unspecified atom stereocenters. The largest absolute Gasteiger partial charge is 0.357 e. The topological polar surface area (TPSA) is 95.6 Å². The zero-order valence-corrected chi connectivity index (χ0v) is 11.1. The summed E-state index contributed by atoms with van der Waals surface area (Å²) >= 11 is 0. The number of hydrogen-bond donors (Lipinski definition) is 2. The van der Waals surface area contributed by atoms with E-state index >= 15 is 0 Å². The van der Waals surface area contributed by atoms with Gasteiger partial charge in [-0.2, -0.15) is 0 Å².